The maximum Gasteiger partial charge on any atom is 0.345 e. The molecule has 0 aliphatic carbocycles. The minimum atomic E-state index is -0.866. The van der Waals surface area contributed by atoms with Gasteiger partial charge in [-0.3, -0.25) is 5.41 Å². The lowest BCUT2D eigenvalue weighted by atomic mass is 10.1. The topological polar surface area (TPSA) is 118 Å². The lowest BCUT2D eigenvalue weighted by molar-refractivity contribution is -0.138. The quantitative estimate of drug-likeness (QED) is 0.163. The second-order valence-corrected chi connectivity index (χ2v) is 5.10. The smallest absolute Gasteiger partial charge is 0.345 e. The van der Waals surface area contributed by atoms with Gasteiger partial charge in [0.25, 0.3) is 5.95 Å². The van der Waals surface area contributed by atoms with E-state index in [9.17, 15) is 14.7 Å². The zero-order valence-electron chi connectivity index (χ0n) is 15.4. The third-order valence-corrected chi connectivity index (χ3v) is 3.37. The Morgan fingerprint density at radius 2 is 1.58 bits per heavy atom. The average molecular weight is 370 g/mol. The van der Waals surface area contributed by atoms with Crippen LogP contribution in [-0.2, 0) is 28.5 Å². The first-order chi connectivity index (χ1) is 12.5. The fraction of sp³-hybridized carbons (Fsp3) is 0.588. The summed E-state index contributed by atoms with van der Waals surface area (Å²) in [4.78, 5) is 26.1. The molecule has 1 heterocycles. The van der Waals surface area contributed by atoms with E-state index in [0.717, 1.165) is 6.08 Å². The normalized spacial score (nSPS) is 15.8. The third kappa shape index (κ3) is 6.07. The Labute approximate surface area is 152 Å². The van der Waals surface area contributed by atoms with Crippen molar-refractivity contribution in [3.05, 3.63) is 23.2 Å². The van der Waals surface area contributed by atoms with Gasteiger partial charge >= 0.3 is 11.9 Å². The predicted molar refractivity (Wildman–Crippen MR) is 92.7 cm³/mol. The lowest BCUT2D eigenvalue weighted by Gasteiger charge is -2.29. The molecule has 2 N–H and O–H groups in total. The summed E-state index contributed by atoms with van der Waals surface area (Å²) in [6.07, 6.45) is 1.07. The number of nitrogens with one attached hydrogen (secondary N) is 1. The van der Waals surface area contributed by atoms with Gasteiger partial charge < -0.3 is 29.0 Å². The van der Waals surface area contributed by atoms with Gasteiger partial charge in [0.1, 0.15) is 17.0 Å². The fourth-order valence-corrected chi connectivity index (χ4v) is 2.17. The number of amidine groups is 1. The van der Waals surface area contributed by atoms with E-state index in [4.69, 9.17) is 24.4 Å². The molecule has 0 atom stereocenters. The average Bonchev–Trinajstić information content (AvgIpc) is 2.63. The molecule has 0 unspecified atom stereocenters. The van der Waals surface area contributed by atoms with Gasteiger partial charge in [0.2, 0.25) is 0 Å². The molecule has 1 aliphatic heterocycles. The van der Waals surface area contributed by atoms with E-state index < -0.39 is 17.9 Å². The van der Waals surface area contributed by atoms with Crippen molar-refractivity contribution >= 4 is 17.8 Å². The van der Waals surface area contributed by atoms with Crippen molar-refractivity contribution in [2.24, 2.45) is 0 Å². The van der Waals surface area contributed by atoms with Gasteiger partial charge in [0.05, 0.1) is 33.0 Å². The van der Waals surface area contributed by atoms with Gasteiger partial charge in [-0.2, -0.15) is 0 Å². The van der Waals surface area contributed by atoms with Gasteiger partial charge in [-0.15, -0.1) is 0 Å². The summed E-state index contributed by atoms with van der Waals surface area (Å²) in [5, 5.41) is 18.3. The number of morpholine rings is 1. The van der Waals surface area contributed by atoms with Crippen LogP contribution in [0.25, 0.3) is 0 Å². The van der Waals surface area contributed by atoms with E-state index in [-0.39, 0.29) is 36.8 Å². The van der Waals surface area contributed by atoms with Crippen molar-refractivity contribution in [1.29, 1.82) is 5.41 Å². The highest BCUT2D eigenvalue weighted by molar-refractivity contribution is 6.18. The molecule has 0 aromatic heterocycles. The minimum Gasteiger partial charge on any atom is -0.480 e. The monoisotopic (exact) mass is 370 g/mol. The molecule has 0 radical (unpaired) electrons. The Morgan fingerprint density at radius 1 is 1.04 bits per heavy atom. The number of aliphatic hydroxyl groups excluding tert-OH is 1. The van der Waals surface area contributed by atoms with Gasteiger partial charge in [-0.05, 0) is 26.8 Å². The number of ether oxygens (including phenoxy) is 4. The number of nitrogens with zero attached hydrogens (tertiary/aromatic N) is 1. The Morgan fingerprint density at radius 3 is 2.12 bits per heavy atom. The second-order valence-electron chi connectivity index (χ2n) is 5.10. The SMILES string of the molecule is CCOC(=O)/C(=C\C(C(=O)OCC)=C(/O)OCC)C(=N)N1CCOCC1. The molecule has 0 amide bonds. The van der Waals surface area contributed by atoms with Crippen LogP contribution in [0.1, 0.15) is 20.8 Å². The maximum absolute atomic E-state index is 12.3. The first-order valence-electron chi connectivity index (χ1n) is 8.49. The molecular formula is C17H26N2O7. The molecular weight excluding hydrogens is 344 g/mol. The summed E-state index contributed by atoms with van der Waals surface area (Å²) in [6.45, 7) is 6.84. The van der Waals surface area contributed by atoms with E-state index in [1.807, 2.05) is 0 Å². The number of hydrogen-bond acceptors (Lipinski definition) is 8. The van der Waals surface area contributed by atoms with Crippen molar-refractivity contribution in [2.45, 2.75) is 20.8 Å². The highest BCUT2D eigenvalue weighted by Crippen LogP contribution is 2.15. The third-order valence-electron chi connectivity index (χ3n) is 3.37. The highest BCUT2D eigenvalue weighted by Gasteiger charge is 2.26. The summed E-state index contributed by atoms with van der Waals surface area (Å²) >= 11 is 0. The predicted octanol–water partition coefficient (Wildman–Crippen LogP) is 1.15. The van der Waals surface area contributed by atoms with Crippen molar-refractivity contribution in [2.75, 3.05) is 46.1 Å². The first-order valence-corrected chi connectivity index (χ1v) is 8.49. The van der Waals surface area contributed by atoms with Crippen molar-refractivity contribution in [3.8, 4) is 0 Å². The largest absolute Gasteiger partial charge is 0.480 e. The summed E-state index contributed by atoms with van der Waals surface area (Å²) < 4.78 is 20.1. The molecule has 0 aromatic rings. The Hall–Kier alpha value is -2.55. The number of rotatable bonds is 8. The Kier molecular flexibility index (Phi) is 9.21. The summed E-state index contributed by atoms with van der Waals surface area (Å²) in [5.41, 5.74) is -0.530. The van der Waals surface area contributed by atoms with E-state index in [0.29, 0.717) is 26.3 Å². The zero-order chi connectivity index (χ0) is 19.5. The molecule has 1 saturated heterocycles. The van der Waals surface area contributed by atoms with Gasteiger partial charge in [0, 0.05) is 13.1 Å². The van der Waals surface area contributed by atoms with Crippen LogP contribution in [0.3, 0.4) is 0 Å². The van der Waals surface area contributed by atoms with E-state index >= 15 is 0 Å². The van der Waals surface area contributed by atoms with Crippen LogP contribution in [-0.4, -0.2) is 73.9 Å². The van der Waals surface area contributed by atoms with Crippen molar-refractivity contribution in [3.63, 3.8) is 0 Å². The van der Waals surface area contributed by atoms with Crippen LogP contribution in [0.15, 0.2) is 23.2 Å². The number of hydrogen-bond donors (Lipinski definition) is 2. The number of aliphatic hydroxyl groups is 1. The lowest BCUT2D eigenvalue weighted by Crippen LogP contribution is -2.42. The van der Waals surface area contributed by atoms with Crippen LogP contribution in [0, 0.1) is 5.41 Å². The number of esters is 2. The van der Waals surface area contributed by atoms with E-state index in [2.05, 4.69) is 0 Å². The van der Waals surface area contributed by atoms with Crippen LogP contribution < -0.4 is 0 Å². The van der Waals surface area contributed by atoms with Gasteiger partial charge in [0.15, 0.2) is 0 Å². The molecule has 0 bridgehead atoms. The minimum absolute atomic E-state index is 0.0746. The number of carbonyl (C=O) groups excluding carboxylic acids is 2. The van der Waals surface area contributed by atoms with Gasteiger partial charge in [-0.25, -0.2) is 9.59 Å². The first kappa shape index (κ1) is 21.5. The van der Waals surface area contributed by atoms with Crippen LogP contribution in [0.2, 0.25) is 0 Å². The van der Waals surface area contributed by atoms with Crippen molar-refractivity contribution < 1.29 is 33.6 Å². The van der Waals surface area contributed by atoms with Gasteiger partial charge in [-0.1, -0.05) is 0 Å². The van der Waals surface area contributed by atoms with Crippen LogP contribution >= 0.6 is 0 Å². The highest BCUT2D eigenvalue weighted by atomic mass is 16.6. The van der Waals surface area contributed by atoms with E-state index in [1.165, 1.54) is 0 Å². The molecule has 0 saturated carbocycles. The zero-order valence-corrected chi connectivity index (χ0v) is 15.4. The number of carbonyl (C=O) groups is 2. The molecule has 1 rings (SSSR count). The molecule has 1 aliphatic rings. The van der Waals surface area contributed by atoms with E-state index in [1.54, 1.807) is 25.7 Å². The molecule has 1 fully saturated rings. The molecule has 26 heavy (non-hydrogen) atoms. The molecule has 0 spiro atoms. The second kappa shape index (κ2) is 11.1. The van der Waals surface area contributed by atoms with Crippen LogP contribution in [0.4, 0.5) is 0 Å². The molecule has 0 aromatic carbocycles. The Balaban J connectivity index is 3.30. The summed E-state index contributed by atoms with van der Waals surface area (Å²) in [6, 6.07) is 0. The fourth-order valence-electron chi connectivity index (χ4n) is 2.17. The molecule has 9 heteroatoms. The molecule has 9 nitrogen and oxygen atoms in total. The Bertz CT molecular complexity index is 578. The standard InChI is InChI=1S/C17H26N2O7/c1-4-24-15(20)12(14(18)19-7-9-23-10-8-19)11-13(16(21)25-5-2)17(22)26-6-3/h11,18,21H,4-10H2,1-3H3/b12-11-,16-13-,18-14?. The summed E-state index contributed by atoms with van der Waals surface area (Å²) in [7, 11) is 0. The summed E-state index contributed by atoms with van der Waals surface area (Å²) in [5.74, 6) is -2.45. The molecule has 146 valence electrons. The van der Waals surface area contributed by atoms with Crippen molar-refractivity contribution in [1.82, 2.24) is 4.90 Å². The van der Waals surface area contributed by atoms with Crippen LogP contribution in [0.5, 0.6) is 0 Å². The maximum atomic E-state index is 12.3.